The number of imide groups is 1. The molecule has 0 radical (unpaired) electrons. The Bertz CT molecular complexity index is 859. The third-order valence-corrected chi connectivity index (χ3v) is 5.92. The molecule has 2 aliphatic rings. The number of sulfonamides is 1. The van der Waals surface area contributed by atoms with Crippen molar-refractivity contribution in [3.8, 4) is 0 Å². The van der Waals surface area contributed by atoms with Gasteiger partial charge in [0, 0.05) is 26.1 Å². The van der Waals surface area contributed by atoms with Crippen LogP contribution in [0, 0.1) is 5.82 Å². The van der Waals surface area contributed by atoms with Gasteiger partial charge in [0.15, 0.2) is 6.61 Å². The molecule has 2 aliphatic heterocycles. The Labute approximate surface area is 155 Å². The van der Waals surface area contributed by atoms with Crippen molar-refractivity contribution in [2.75, 3.05) is 26.2 Å². The molecule has 3 amide bonds. The van der Waals surface area contributed by atoms with Gasteiger partial charge in [-0.15, -0.1) is 0 Å². The van der Waals surface area contributed by atoms with E-state index in [4.69, 9.17) is 0 Å². The van der Waals surface area contributed by atoms with E-state index < -0.39 is 38.8 Å². The minimum atomic E-state index is -4.06. The van der Waals surface area contributed by atoms with Crippen LogP contribution in [0.3, 0.4) is 0 Å². The van der Waals surface area contributed by atoms with Crippen LogP contribution in [0.15, 0.2) is 29.2 Å². The van der Waals surface area contributed by atoms with Crippen molar-refractivity contribution in [3.05, 3.63) is 30.1 Å². The van der Waals surface area contributed by atoms with Crippen LogP contribution in [0.2, 0.25) is 0 Å². The summed E-state index contributed by atoms with van der Waals surface area (Å²) in [5, 5.41) is 0. The maximum absolute atomic E-state index is 13.6. The number of carbonyl (C=O) groups is 3. The zero-order valence-electron chi connectivity index (χ0n) is 14.3. The fourth-order valence-electron chi connectivity index (χ4n) is 3.09. The summed E-state index contributed by atoms with van der Waals surface area (Å²) in [6.45, 7) is 0.0445. The molecule has 1 atom stereocenters. The maximum atomic E-state index is 13.6. The highest BCUT2D eigenvalue weighted by atomic mass is 32.2. The van der Waals surface area contributed by atoms with E-state index in [-0.39, 0.29) is 32.0 Å². The third-order valence-electron chi connectivity index (χ3n) is 4.42. The van der Waals surface area contributed by atoms with Crippen LogP contribution in [0.4, 0.5) is 9.18 Å². The van der Waals surface area contributed by atoms with E-state index in [1.807, 2.05) is 0 Å². The average Bonchev–Trinajstić information content (AvgIpc) is 3.21. The normalized spacial score (nSPS) is 20.3. The zero-order valence-corrected chi connectivity index (χ0v) is 15.1. The molecule has 0 aromatic heterocycles. The molecular formula is C16H18FN3O6S. The number of carbonyl (C=O) groups excluding carboxylic acids is 3. The van der Waals surface area contributed by atoms with E-state index in [0.29, 0.717) is 13.0 Å². The smallest absolute Gasteiger partial charge is 0.417 e. The number of hydrogen-bond donors (Lipinski definition) is 1. The number of cyclic esters (lactones) is 1. The summed E-state index contributed by atoms with van der Waals surface area (Å²) in [5.74, 6) is -1.63. The lowest BCUT2D eigenvalue weighted by molar-refractivity contribution is -0.131. The number of ether oxygens (including phenoxy) is 1. The molecule has 2 saturated heterocycles. The van der Waals surface area contributed by atoms with Crippen molar-refractivity contribution in [2.45, 2.75) is 23.8 Å². The highest BCUT2D eigenvalue weighted by molar-refractivity contribution is 7.89. The number of halogens is 1. The van der Waals surface area contributed by atoms with Crippen LogP contribution in [0.1, 0.15) is 12.8 Å². The highest BCUT2D eigenvalue weighted by Crippen LogP contribution is 2.20. The monoisotopic (exact) mass is 399 g/mol. The van der Waals surface area contributed by atoms with Crippen molar-refractivity contribution >= 4 is 27.9 Å². The molecule has 1 unspecified atom stereocenters. The average molecular weight is 399 g/mol. The molecule has 11 heteroatoms. The molecule has 27 heavy (non-hydrogen) atoms. The zero-order chi connectivity index (χ0) is 19.6. The quantitative estimate of drug-likeness (QED) is 0.725. The lowest BCUT2D eigenvalue weighted by Gasteiger charge is -2.20. The molecule has 0 aliphatic carbocycles. The predicted octanol–water partition coefficient (Wildman–Crippen LogP) is 0.0738. The first-order valence-electron chi connectivity index (χ1n) is 8.30. The SMILES string of the molecule is O=C(CCNS(=O)(=O)c1ccccc1F)N1CCC(N2C(=O)COC2=O)C1. The van der Waals surface area contributed by atoms with Crippen LogP contribution in [0.25, 0.3) is 0 Å². The Morgan fingerprint density at radius 3 is 2.70 bits per heavy atom. The predicted molar refractivity (Wildman–Crippen MR) is 89.4 cm³/mol. The standard InChI is InChI=1S/C16H18FN3O6S/c17-12-3-1-2-4-13(12)27(24,25)18-7-5-14(21)19-8-6-11(9-19)20-15(22)10-26-16(20)23/h1-4,11,18H,5-10H2. The molecule has 146 valence electrons. The Balaban J connectivity index is 1.51. The molecule has 0 spiro atoms. The number of nitrogens with zero attached hydrogens (tertiary/aromatic N) is 2. The van der Waals surface area contributed by atoms with E-state index >= 15 is 0 Å². The number of amides is 3. The summed E-state index contributed by atoms with van der Waals surface area (Å²) >= 11 is 0. The van der Waals surface area contributed by atoms with Gasteiger partial charge in [0.25, 0.3) is 5.91 Å². The maximum Gasteiger partial charge on any atom is 0.417 e. The summed E-state index contributed by atoms with van der Waals surface area (Å²) in [4.78, 5) is 37.5. The second kappa shape index (κ2) is 7.61. The number of hydrogen-bond acceptors (Lipinski definition) is 6. The molecule has 1 aromatic carbocycles. The van der Waals surface area contributed by atoms with Crippen LogP contribution in [0.5, 0.6) is 0 Å². The largest absolute Gasteiger partial charge is 0.439 e. The van der Waals surface area contributed by atoms with E-state index in [0.717, 1.165) is 17.0 Å². The second-order valence-electron chi connectivity index (χ2n) is 6.18. The molecule has 3 rings (SSSR count). The number of likely N-dealkylation sites (tertiary alicyclic amines) is 1. The summed E-state index contributed by atoms with van der Waals surface area (Å²) in [6.07, 6.45) is -0.399. The molecule has 1 aromatic rings. The summed E-state index contributed by atoms with van der Waals surface area (Å²) in [5.41, 5.74) is 0. The van der Waals surface area contributed by atoms with E-state index in [2.05, 4.69) is 9.46 Å². The van der Waals surface area contributed by atoms with Gasteiger partial charge in [-0.3, -0.25) is 9.59 Å². The van der Waals surface area contributed by atoms with Gasteiger partial charge in [0.05, 0.1) is 6.04 Å². The van der Waals surface area contributed by atoms with Crippen molar-refractivity contribution in [1.82, 2.24) is 14.5 Å². The molecule has 2 heterocycles. The number of nitrogens with one attached hydrogen (secondary N) is 1. The van der Waals surface area contributed by atoms with Gasteiger partial charge in [-0.05, 0) is 18.6 Å². The summed E-state index contributed by atoms with van der Waals surface area (Å²) in [6, 6.07) is 4.51. The highest BCUT2D eigenvalue weighted by Gasteiger charge is 2.41. The van der Waals surface area contributed by atoms with Gasteiger partial charge in [0.1, 0.15) is 10.7 Å². The van der Waals surface area contributed by atoms with Gasteiger partial charge < -0.3 is 9.64 Å². The molecule has 1 N–H and O–H groups in total. The minimum absolute atomic E-state index is 0.126. The summed E-state index contributed by atoms with van der Waals surface area (Å²) in [7, 11) is -4.06. The Morgan fingerprint density at radius 1 is 1.30 bits per heavy atom. The lowest BCUT2D eigenvalue weighted by atomic mass is 10.2. The first-order chi connectivity index (χ1) is 12.8. The molecule has 0 saturated carbocycles. The van der Waals surface area contributed by atoms with E-state index in [1.54, 1.807) is 0 Å². The van der Waals surface area contributed by atoms with Gasteiger partial charge in [-0.1, -0.05) is 12.1 Å². The fourth-order valence-corrected chi connectivity index (χ4v) is 4.20. The topological polar surface area (TPSA) is 113 Å². The van der Waals surface area contributed by atoms with Crippen LogP contribution in [-0.2, 0) is 24.3 Å². The molecule has 0 bridgehead atoms. The van der Waals surface area contributed by atoms with Crippen LogP contribution in [-0.4, -0.2) is 68.4 Å². The van der Waals surface area contributed by atoms with Crippen molar-refractivity contribution in [1.29, 1.82) is 0 Å². The van der Waals surface area contributed by atoms with Crippen LogP contribution < -0.4 is 4.72 Å². The fraction of sp³-hybridized carbons (Fsp3) is 0.438. The third kappa shape index (κ3) is 4.08. The first-order valence-corrected chi connectivity index (χ1v) is 9.78. The van der Waals surface area contributed by atoms with Crippen molar-refractivity contribution < 1.29 is 31.9 Å². The first kappa shape index (κ1) is 19.2. The van der Waals surface area contributed by atoms with Gasteiger partial charge in [0.2, 0.25) is 15.9 Å². The van der Waals surface area contributed by atoms with Crippen molar-refractivity contribution in [3.63, 3.8) is 0 Å². The van der Waals surface area contributed by atoms with E-state index in [1.165, 1.54) is 17.0 Å². The number of benzene rings is 1. The van der Waals surface area contributed by atoms with Crippen molar-refractivity contribution in [2.24, 2.45) is 0 Å². The Morgan fingerprint density at radius 2 is 2.04 bits per heavy atom. The van der Waals surface area contributed by atoms with Gasteiger partial charge in [-0.2, -0.15) is 0 Å². The second-order valence-corrected chi connectivity index (χ2v) is 7.91. The molecule has 2 fully saturated rings. The van der Waals surface area contributed by atoms with E-state index in [9.17, 15) is 27.2 Å². The van der Waals surface area contributed by atoms with Crippen LogP contribution >= 0.6 is 0 Å². The summed E-state index contributed by atoms with van der Waals surface area (Å²) < 4.78 is 44.6. The number of rotatable bonds is 6. The van der Waals surface area contributed by atoms with Gasteiger partial charge in [-0.25, -0.2) is 27.2 Å². The Hall–Kier alpha value is -2.53. The lowest BCUT2D eigenvalue weighted by Crippen LogP contribution is -2.42. The Kier molecular flexibility index (Phi) is 5.42. The molecule has 9 nitrogen and oxygen atoms in total. The molecular weight excluding hydrogens is 381 g/mol. The van der Waals surface area contributed by atoms with Gasteiger partial charge >= 0.3 is 6.09 Å². The minimum Gasteiger partial charge on any atom is -0.439 e.